The Morgan fingerprint density at radius 3 is 2.52 bits per heavy atom. The average Bonchev–Trinajstić information content (AvgIpc) is 3.14. The number of nitrogens with zero attached hydrogens (tertiary/aromatic N) is 2. The van der Waals surface area contributed by atoms with Crippen molar-refractivity contribution in [1.29, 1.82) is 0 Å². The van der Waals surface area contributed by atoms with Crippen LogP contribution in [0.3, 0.4) is 0 Å². The first kappa shape index (κ1) is 18.8. The van der Waals surface area contributed by atoms with E-state index in [-0.39, 0.29) is 10.6 Å². The van der Waals surface area contributed by atoms with E-state index in [0.29, 0.717) is 28.6 Å². The van der Waals surface area contributed by atoms with Gasteiger partial charge < -0.3 is 4.74 Å². The lowest BCUT2D eigenvalue weighted by molar-refractivity contribution is 0.416. The number of fused-ring (bicyclic) bond motifs is 1. The summed E-state index contributed by atoms with van der Waals surface area (Å²) >= 11 is 0. The van der Waals surface area contributed by atoms with Crippen LogP contribution in [0.4, 0.5) is 14.5 Å². The van der Waals surface area contributed by atoms with Crippen molar-refractivity contribution >= 4 is 26.7 Å². The van der Waals surface area contributed by atoms with Crippen molar-refractivity contribution in [1.82, 2.24) is 15.2 Å². The fourth-order valence-corrected chi connectivity index (χ4v) is 3.96. The summed E-state index contributed by atoms with van der Waals surface area (Å²) in [5, 5.41) is 7.39. The molecule has 0 saturated carbocycles. The van der Waals surface area contributed by atoms with Crippen LogP contribution in [0.25, 0.3) is 22.2 Å². The minimum absolute atomic E-state index is 0.106. The molecule has 0 atom stereocenters. The van der Waals surface area contributed by atoms with Gasteiger partial charge in [0.2, 0.25) is 0 Å². The molecule has 148 valence electrons. The van der Waals surface area contributed by atoms with Crippen LogP contribution in [0.5, 0.6) is 5.75 Å². The quantitative estimate of drug-likeness (QED) is 0.517. The highest BCUT2D eigenvalue weighted by molar-refractivity contribution is 7.92. The van der Waals surface area contributed by atoms with Crippen LogP contribution in [0.1, 0.15) is 0 Å². The molecule has 0 bridgehead atoms. The van der Waals surface area contributed by atoms with Crippen LogP contribution in [0, 0.1) is 11.6 Å². The summed E-state index contributed by atoms with van der Waals surface area (Å²) in [7, 11) is -2.65. The highest BCUT2D eigenvalue weighted by Crippen LogP contribution is 2.33. The van der Waals surface area contributed by atoms with E-state index in [1.54, 1.807) is 18.5 Å². The summed E-state index contributed by atoms with van der Waals surface area (Å²) < 4.78 is 59.8. The number of hydrogen-bond acceptors (Lipinski definition) is 5. The molecule has 0 unspecified atom stereocenters. The third kappa shape index (κ3) is 3.74. The van der Waals surface area contributed by atoms with Gasteiger partial charge >= 0.3 is 0 Å². The zero-order valence-corrected chi connectivity index (χ0v) is 15.8. The van der Waals surface area contributed by atoms with Gasteiger partial charge in [-0.3, -0.25) is 9.82 Å². The smallest absolute Gasteiger partial charge is 0.261 e. The molecule has 0 saturated heterocycles. The molecule has 0 aliphatic carbocycles. The number of halogens is 2. The molecule has 2 heterocycles. The number of pyridine rings is 1. The Balaban J connectivity index is 1.77. The van der Waals surface area contributed by atoms with Crippen LogP contribution in [-0.4, -0.2) is 30.7 Å². The van der Waals surface area contributed by atoms with Crippen molar-refractivity contribution < 1.29 is 21.9 Å². The van der Waals surface area contributed by atoms with Gasteiger partial charge in [0.15, 0.2) is 5.65 Å². The molecular weight excluding hydrogens is 402 g/mol. The van der Waals surface area contributed by atoms with Gasteiger partial charge in [-0.25, -0.2) is 22.2 Å². The van der Waals surface area contributed by atoms with E-state index < -0.39 is 21.7 Å². The summed E-state index contributed by atoms with van der Waals surface area (Å²) in [5.41, 5.74) is 1.47. The number of nitrogens with one attached hydrogen (secondary N) is 2. The minimum Gasteiger partial charge on any atom is -0.496 e. The van der Waals surface area contributed by atoms with Gasteiger partial charge in [0.1, 0.15) is 17.4 Å². The summed E-state index contributed by atoms with van der Waals surface area (Å²) in [6.07, 6.45) is 3.16. The molecule has 2 aromatic heterocycles. The van der Waals surface area contributed by atoms with Gasteiger partial charge in [-0.15, -0.1) is 0 Å². The lowest BCUT2D eigenvalue weighted by Crippen LogP contribution is -2.13. The molecule has 4 rings (SSSR count). The Morgan fingerprint density at radius 2 is 1.79 bits per heavy atom. The second-order valence-electron chi connectivity index (χ2n) is 6.16. The van der Waals surface area contributed by atoms with Crippen molar-refractivity contribution in [3.05, 3.63) is 66.5 Å². The fraction of sp³-hybridized carbons (Fsp3) is 0.0526. The van der Waals surface area contributed by atoms with E-state index in [4.69, 9.17) is 4.74 Å². The normalized spacial score (nSPS) is 11.6. The molecule has 2 aromatic carbocycles. The zero-order chi connectivity index (χ0) is 20.6. The maximum absolute atomic E-state index is 13.4. The van der Waals surface area contributed by atoms with Crippen LogP contribution in [-0.2, 0) is 10.0 Å². The molecule has 0 amide bonds. The first-order valence-corrected chi connectivity index (χ1v) is 9.80. The highest BCUT2D eigenvalue weighted by atomic mass is 32.2. The number of benzene rings is 2. The summed E-state index contributed by atoms with van der Waals surface area (Å²) in [4.78, 5) is 4.14. The van der Waals surface area contributed by atoms with Crippen molar-refractivity contribution in [3.8, 4) is 16.9 Å². The van der Waals surface area contributed by atoms with Crippen molar-refractivity contribution in [2.24, 2.45) is 0 Å². The molecule has 7 nitrogen and oxygen atoms in total. The van der Waals surface area contributed by atoms with Crippen LogP contribution >= 0.6 is 0 Å². The Kier molecular flexibility index (Phi) is 4.63. The Hall–Kier alpha value is -3.53. The molecule has 0 fully saturated rings. The zero-order valence-electron chi connectivity index (χ0n) is 15.0. The number of rotatable bonds is 5. The molecule has 0 spiro atoms. The number of H-pyrrole nitrogens is 1. The maximum atomic E-state index is 13.4. The van der Waals surface area contributed by atoms with Gasteiger partial charge in [0.25, 0.3) is 10.0 Å². The van der Waals surface area contributed by atoms with Gasteiger partial charge in [-0.1, -0.05) is 0 Å². The molecule has 29 heavy (non-hydrogen) atoms. The Bertz CT molecular complexity index is 1300. The number of aromatic amines is 1. The van der Waals surface area contributed by atoms with Crippen LogP contribution < -0.4 is 9.46 Å². The molecule has 4 aromatic rings. The number of hydrogen-bond donors (Lipinski definition) is 2. The van der Waals surface area contributed by atoms with Gasteiger partial charge in [0, 0.05) is 28.8 Å². The maximum Gasteiger partial charge on any atom is 0.261 e. The molecule has 0 aliphatic heterocycles. The van der Waals surface area contributed by atoms with E-state index in [1.165, 1.54) is 25.3 Å². The summed E-state index contributed by atoms with van der Waals surface area (Å²) in [6.45, 7) is 0. The lowest BCUT2D eigenvalue weighted by atomic mass is 10.1. The monoisotopic (exact) mass is 416 g/mol. The van der Waals surface area contributed by atoms with Crippen molar-refractivity contribution in [2.45, 2.75) is 4.90 Å². The molecular formula is C19H14F2N4O3S. The van der Waals surface area contributed by atoms with Crippen molar-refractivity contribution in [2.75, 3.05) is 11.8 Å². The third-order valence-corrected chi connectivity index (χ3v) is 5.58. The van der Waals surface area contributed by atoms with Gasteiger partial charge in [0.05, 0.1) is 23.9 Å². The van der Waals surface area contributed by atoms with Crippen LogP contribution in [0.2, 0.25) is 0 Å². The van der Waals surface area contributed by atoms with Gasteiger partial charge in [-0.05, 0) is 36.4 Å². The third-order valence-electron chi connectivity index (χ3n) is 4.20. The number of aromatic nitrogens is 3. The predicted molar refractivity (Wildman–Crippen MR) is 103 cm³/mol. The molecule has 0 radical (unpaired) electrons. The van der Waals surface area contributed by atoms with E-state index in [2.05, 4.69) is 19.9 Å². The second kappa shape index (κ2) is 7.13. The molecule has 10 heteroatoms. The highest BCUT2D eigenvalue weighted by Gasteiger charge is 2.19. The summed E-state index contributed by atoms with van der Waals surface area (Å²) in [6, 6.07) is 8.46. The lowest BCUT2D eigenvalue weighted by Gasteiger charge is -2.13. The first-order valence-electron chi connectivity index (χ1n) is 8.32. The van der Waals surface area contributed by atoms with Crippen molar-refractivity contribution in [3.63, 3.8) is 0 Å². The minimum atomic E-state index is -4.11. The van der Waals surface area contributed by atoms with E-state index in [1.807, 2.05) is 0 Å². The standard InChI is InChI=1S/C19H14F2N4O3S/c1-28-18-3-2-16(29(26,27)25-15-6-13(20)5-14(21)7-15)8-17(18)11-4-12-10-23-24-19(12)22-9-11/h2-10,25H,1H3,(H,22,23,24). The van der Waals surface area contributed by atoms with Gasteiger partial charge in [-0.2, -0.15) is 5.10 Å². The number of sulfonamides is 1. The largest absolute Gasteiger partial charge is 0.496 e. The summed E-state index contributed by atoms with van der Waals surface area (Å²) in [5.74, 6) is -1.35. The Morgan fingerprint density at radius 1 is 1.03 bits per heavy atom. The average molecular weight is 416 g/mol. The number of anilines is 1. The van der Waals surface area contributed by atoms with E-state index in [0.717, 1.165) is 17.5 Å². The number of ether oxygens (including phenoxy) is 1. The van der Waals surface area contributed by atoms with E-state index in [9.17, 15) is 17.2 Å². The molecule has 0 aliphatic rings. The van der Waals surface area contributed by atoms with Crippen LogP contribution in [0.15, 0.2) is 59.8 Å². The molecule has 2 N–H and O–H groups in total. The first-order chi connectivity index (χ1) is 13.9. The number of methoxy groups -OCH3 is 1. The second-order valence-corrected chi connectivity index (χ2v) is 7.84. The topological polar surface area (TPSA) is 97.0 Å². The SMILES string of the molecule is COc1ccc(S(=O)(=O)Nc2cc(F)cc(F)c2)cc1-c1cnc2[nH]ncc2c1. The Labute approximate surface area is 164 Å². The van der Waals surface area contributed by atoms with E-state index >= 15 is 0 Å². The predicted octanol–water partition coefficient (Wildman–Crippen LogP) is 3.71. The fourth-order valence-electron chi connectivity index (χ4n) is 2.89.